The molecule has 108 valence electrons. The molecular formula is C14H18N2O3S. The molecule has 2 N–H and O–H groups in total. The number of thiazole rings is 1. The maximum atomic E-state index is 12.2. The molecule has 1 amide bonds. The summed E-state index contributed by atoms with van der Waals surface area (Å²) in [6.45, 7) is 4.07. The number of anilines is 1. The third-order valence-corrected chi connectivity index (χ3v) is 4.21. The summed E-state index contributed by atoms with van der Waals surface area (Å²) in [6.07, 6.45) is 4.56. The Kier molecular flexibility index (Phi) is 4.54. The van der Waals surface area contributed by atoms with Crippen LogP contribution in [0.15, 0.2) is 17.5 Å². The monoisotopic (exact) mass is 294 g/mol. The van der Waals surface area contributed by atoms with Crippen LogP contribution in [0, 0.1) is 11.8 Å². The van der Waals surface area contributed by atoms with Crippen LogP contribution in [0.5, 0.6) is 0 Å². The van der Waals surface area contributed by atoms with E-state index in [-0.39, 0.29) is 5.91 Å². The van der Waals surface area contributed by atoms with Gasteiger partial charge in [-0.15, -0.1) is 11.3 Å². The van der Waals surface area contributed by atoms with Crippen molar-refractivity contribution in [2.75, 3.05) is 5.32 Å². The lowest BCUT2D eigenvalue weighted by Crippen LogP contribution is -2.34. The second kappa shape index (κ2) is 6.17. The first-order chi connectivity index (χ1) is 9.49. The summed E-state index contributed by atoms with van der Waals surface area (Å²) in [5.74, 6) is -2.04. The van der Waals surface area contributed by atoms with Crippen molar-refractivity contribution in [3.63, 3.8) is 0 Å². The van der Waals surface area contributed by atoms with Gasteiger partial charge in [-0.05, 0) is 18.8 Å². The largest absolute Gasteiger partial charge is 0.481 e. The lowest BCUT2D eigenvalue weighted by Gasteiger charge is -2.23. The Morgan fingerprint density at radius 3 is 2.55 bits per heavy atom. The zero-order valence-corrected chi connectivity index (χ0v) is 12.3. The number of carbonyl (C=O) groups is 2. The number of carboxylic acids is 1. The SMILES string of the molecule is CC(C)c1csc(NC(=O)C2CC=CCC2C(=O)O)n1. The first-order valence-electron chi connectivity index (χ1n) is 6.63. The molecule has 1 aliphatic rings. The summed E-state index contributed by atoms with van der Waals surface area (Å²) in [4.78, 5) is 27.7. The summed E-state index contributed by atoms with van der Waals surface area (Å²) in [5.41, 5.74) is 0.934. The minimum atomic E-state index is -0.920. The molecule has 0 spiro atoms. The van der Waals surface area contributed by atoms with Crippen LogP contribution in [-0.4, -0.2) is 22.0 Å². The average molecular weight is 294 g/mol. The standard InChI is InChI=1S/C14H18N2O3S/c1-8(2)11-7-20-14(15-11)16-12(17)9-5-3-4-6-10(9)13(18)19/h3-4,7-10H,5-6H2,1-2H3,(H,18,19)(H,15,16,17). The van der Waals surface area contributed by atoms with Crippen molar-refractivity contribution in [3.05, 3.63) is 23.2 Å². The molecule has 0 bridgehead atoms. The Balaban J connectivity index is 2.06. The second-order valence-corrected chi connectivity index (χ2v) is 6.07. The van der Waals surface area contributed by atoms with E-state index in [0.29, 0.717) is 23.9 Å². The van der Waals surface area contributed by atoms with Crippen molar-refractivity contribution < 1.29 is 14.7 Å². The van der Waals surface area contributed by atoms with Crippen LogP contribution in [0.25, 0.3) is 0 Å². The van der Waals surface area contributed by atoms with Gasteiger partial charge in [0.25, 0.3) is 0 Å². The van der Waals surface area contributed by atoms with E-state index >= 15 is 0 Å². The van der Waals surface area contributed by atoms with Gasteiger partial charge >= 0.3 is 5.97 Å². The number of carboxylic acid groups (broad SMARTS) is 1. The van der Waals surface area contributed by atoms with E-state index in [9.17, 15) is 14.7 Å². The minimum absolute atomic E-state index is 0.258. The Morgan fingerprint density at radius 1 is 1.35 bits per heavy atom. The molecule has 5 nitrogen and oxygen atoms in total. The molecule has 1 heterocycles. The van der Waals surface area contributed by atoms with Crippen molar-refractivity contribution in [1.82, 2.24) is 4.98 Å². The van der Waals surface area contributed by atoms with Crippen molar-refractivity contribution in [2.45, 2.75) is 32.6 Å². The Morgan fingerprint density at radius 2 is 2.00 bits per heavy atom. The number of rotatable bonds is 4. The number of aliphatic carboxylic acids is 1. The van der Waals surface area contributed by atoms with Crippen LogP contribution in [0.3, 0.4) is 0 Å². The Labute approximate surface area is 121 Å². The van der Waals surface area contributed by atoms with Gasteiger partial charge in [0, 0.05) is 5.38 Å². The molecule has 6 heteroatoms. The van der Waals surface area contributed by atoms with Crippen molar-refractivity contribution in [3.8, 4) is 0 Å². The quantitative estimate of drug-likeness (QED) is 0.837. The van der Waals surface area contributed by atoms with E-state index in [1.165, 1.54) is 11.3 Å². The Hall–Kier alpha value is -1.69. The lowest BCUT2D eigenvalue weighted by molar-refractivity contribution is -0.146. The molecule has 1 aliphatic carbocycles. The highest BCUT2D eigenvalue weighted by Crippen LogP contribution is 2.28. The van der Waals surface area contributed by atoms with E-state index in [4.69, 9.17) is 0 Å². The van der Waals surface area contributed by atoms with Crippen molar-refractivity contribution in [1.29, 1.82) is 0 Å². The zero-order chi connectivity index (χ0) is 14.7. The van der Waals surface area contributed by atoms with Gasteiger partial charge in [-0.25, -0.2) is 4.98 Å². The van der Waals surface area contributed by atoms with Gasteiger partial charge in [0.2, 0.25) is 5.91 Å². The first-order valence-corrected chi connectivity index (χ1v) is 7.51. The summed E-state index contributed by atoms with van der Waals surface area (Å²) in [7, 11) is 0. The molecular weight excluding hydrogens is 276 g/mol. The van der Waals surface area contributed by atoms with E-state index in [1.54, 1.807) is 0 Å². The predicted molar refractivity (Wildman–Crippen MR) is 77.8 cm³/mol. The fourth-order valence-corrected chi connectivity index (χ4v) is 3.06. The molecule has 2 rings (SSSR count). The van der Waals surface area contributed by atoms with Gasteiger partial charge in [0.05, 0.1) is 17.5 Å². The smallest absolute Gasteiger partial charge is 0.307 e. The molecule has 0 aromatic carbocycles. The van der Waals surface area contributed by atoms with Gasteiger partial charge in [-0.1, -0.05) is 26.0 Å². The predicted octanol–water partition coefficient (Wildman–Crippen LogP) is 2.87. The third kappa shape index (κ3) is 3.25. The summed E-state index contributed by atoms with van der Waals surface area (Å²) < 4.78 is 0. The van der Waals surface area contributed by atoms with Gasteiger partial charge in [0.1, 0.15) is 0 Å². The first kappa shape index (κ1) is 14.7. The van der Waals surface area contributed by atoms with Crippen LogP contribution in [0.2, 0.25) is 0 Å². The van der Waals surface area contributed by atoms with Crippen LogP contribution in [-0.2, 0) is 9.59 Å². The topological polar surface area (TPSA) is 79.3 Å². The second-order valence-electron chi connectivity index (χ2n) is 5.22. The van der Waals surface area contributed by atoms with Gasteiger partial charge in [-0.2, -0.15) is 0 Å². The van der Waals surface area contributed by atoms with E-state index in [0.717, 1.165) is 5.69 Å². The molecule has 2 atom stereocenters. The molecule has 0 fully saturated rings. The van der Waals surface area contributed by atoms with Crippen LogP contribution in [0.1, 0.15) is 38.3 Å². The number of nitrogens with one attached hydrogen (secondary N) is 1. The van der Waals surface area contributed by atoms with Crippen LogP contribution in [0.4, 0.5) is 5.13 Å². The number of hydrogen-bond acceptors (Lipinski definition) is 4. The highest BCUT2D eigenvalue weighted by atomic mass is 32.1. The van der Waals surface area contributed by atoms with Crippen molar-refractivity contribution >= 4 is 28.3 Å². The molecule has 0 aliphatic heterocycles. The van der Waals surface area contributed by atoms with Crippen LogP contribution >= 0.6 is 11.3 Å². The van der Waals surface area contributed by atoms with E-state index < -0.39 is 17.8 Å². The number of hydrogen-bond donors (Lipinski definition) is 2. The minimum Gasteiger partial charge on any atom is -0.481 e. The van der Waals surface area contributed by atoms with Crippen molar-refractivity contribution in [2.24, 2.45) is 11.8 Å². The molecule has 2 unspecified atom stereocenters. The molecule has 1 aromatic heterocycles. The number of aromatic nitrogens is 1. The molecule has 20 heavy (non-hydrogen) atoms. The number of amides is 1. The molecule has 0 saturated carbocycles. The van der Waals surface area contributed by atoms with E-state index in [2.05, 4.69) is 10.3 Å². The van der Waals surface area contributed by atoms with Gasteiger partial charge in [0.15, 0.2) is 5.13 Å². The maximum Gasteiger partial charge on any atom is 0.307 e. The summed E-state index contributed by atoms with van der Waals surface area (Å²) in [5, 5.41) is 14.4. The van der Waals surface area contributed by atoms with Crippen LogP contribution < -0.4 is 5.32 Å². The van der Waals surface area contributed by atoms with E-state index in [1.807, 2.05) is 31.4 Å². The van der Waals surface area contributed by atoms with Gasteiger partial charge < -0.3 is 10.4 Å². The normalized spacial score (nSPS) is 21.9. The fraction of sp³-hybridized carbons (Fsp3) is 0.500. The molecule has 0 radical (unpaired) electrons. The molecule has 1 aromatic rings. The lowest BCUT2D eigenvalue weighted by atomic mass is 9.82. The summed E-state index contributed by atoms with van der Waals surface area (Å²) >= 11 is 1.37. The maximum absolute atomic E-state index is 12.2. The molecule has 0 saturated heterocycles. The third-order valence-electron chi connectivity index (χ3n) is 3.43. The van der Waals surface area contributed by atoms with Gasteiger partial charge in [-0.3, -0.25) is 9.59 Å². The highest BCUT2D eigenvalue weighted by Gasteiger charge is 2.34. The zero-order valence-electron chi connectivity index (χ0n) is 11.5. The fourth-order valence-electron chi connectivity index (χ4n) is 2.18. The number of nitrogens with zero attached hydrogens (tertiary/aromatic N) is 1. The number of carbonyl (C=O) groups excluding carboxylic acids is 1. The average Bonchev–Trinajstić information content (AvgIpc) is 2.87. The number of allylic oxidation sites excluding steroid dienone is 2. The Bertz CT molecular complexity index is 536. The highest BCUT2D eigenvalue weighted by molar-refractivity contribution is 7.13. The summed E-state index contributed by atoms with van der Waals surface area (Å²) in [6, 6.07) is 0.